The van der Waals surface area contributed by atoms with Gasteiger partial charge in [0.1, 0.15) is 6.04 Å². The van der Waals surface area contributed by atoms with Crippen LogP contribution in [-0.4, -0.2) is 32.2 Å². The zero-order valence-corrected chi connectivity index (χ0v) is 17.1. The molecule has 5 nitrogen and oxygen atoms in total. The minimum Gasteiger partial charge on any atom is -0.349 e. The first-order valence-electron chi connectivity index (χ1n) is 8.71. The van der Waals surface area contributed by atoms with Crippen LogP contribution in [0.1, 0.15) is 26.3 Å². The van der Waals surface area contributed by atoms with Gasteiger partial charge in [-0.05, 0) is 44.9 Å². The predicted octanol–water partition coefficient (Wildman–Crippen LogP) is 3.26. The maximum Gasteiger partial charge on any atom is 0.244 e. The Balaban J connectivity index is 2.25. The standard InChI is InChI=1S/C20H24F2N2O3S/c1-14(19(25)23-20(2,3)13-15-8-6-5-7-9-15)24(28(4,26)27)16-10-11-17(21)18(22)12-16/h5-12,14H,13H2,1-4H3,(H,23,25)/t14-/m1/s1. The van der Waals surface area contributed by atoms with Gasteiger partial charge in [-0.3, -0.25) is 9.10 Å². The van der Waals surface area contributed by atoms with E-state index in [1.54, 1.807) is 0 Å². The number of hydrogen-bond donors (Lipinski definition) is 1. The van der Waals surface area contributed by atoms with E-state index in [9.17, 15) is 22.0 Å². The molecule has 0 spiro atoms. The normalized spacial score (nSPS) is 13.1. The molecule has 0 saturated carbocycles. The second kappa shape index (κ2) is 8.26. The molecule has 1 amide bonds. The molecule has 0 aromatic heterocycles. The zero-order valence-electron chi connectivity index (χ0n) is 16.2. The van der Waals surface area contributed by atoms with Crippen LogP contribution in [0.3, 0.4) is 0 Å². The van der Waals surface area contributed by atoms with E-state index in [2.05, 4.69) is 5.32 Å². The second-order valence-corrected chi connectivity index (χ2v) is 9.23. The fourth-order valence-electron chi connectivity index (χ4n) is 3.02. The lowest BCUT2D eigenvalue weighted by Crippen LogP contribution is -2.54. The van der Waals surface area contributed by atoms with E-state index < -0.39 is 39.1 Å². The summed E-state index contributed by atoms with van der Waals surface area (Å²) in [6.45, 7) is 5.05. The van der Waals surface area contributed by atoms with E-state index in [0.717, 1.165) is 34.3 Å². The molecule has 0 aliphatic carbocycles. The van der Waals surface area contributed by atoms with Crippen LogP contribution in [0.15, 0.2) is 48.5 Å². The summed E-state index contributed by atoms with van der Waals surface area (Å²) in [6.07, 6.45) is 1.45. The number of amides is 1. The monoisotopic (exact) mass is 410 g/mol. The lowest BCUT2D eigenvalue weighted by atomic mass is 9.94. The Morgan fingerprint density at radius 3 is 2.25 bits per heavy atom. The van der Waals surface area contributed by atoms with Gasteiger partial charge in [-0.2, -0.15) is 0 Å². The molecular weight excluding hydrogens is 386 g/mol. The number of anilines is 1. The molecule has 2 rings (SSSR count). The summed E-state index contributed by atoms with van der Waals surface area (Å²) >= 11 is 0. The van der Waals surface area contributed by atoms with Crippen molar-refractivity contribution in [2.45, 2.75) is 38.8 Å². The minimum absolute atomic E-state index is 0.120. The Hall–Kier alpha value is -2.48. The van der Waals surface area contributed by atoms with Crippen LogP contribution in [0, 0.1) is 11.6 Å². The number of nitrogens with zero attached hydrogens (tertiary/aromatic N) is 1. The van der Waals surface area contributed by atoms with Crippen LogP contribution < -0.4 is 9.62 Å². The topological polar surface area (TPSA) is 66.5 Å². The maximum absolute atomic E-state index is 13.6. The van der Waals surface area contributed by atoms with Crippen molar-refractivity contribution in [3.63, 3.8) is 0 Å². The molecule has 0 fully saturated rings. The molecule has 0 aliphatic heterocycles. The van der Waals surface area contributed by atoms with Crippen LogP contribution in [0.2, 0.25) is 0 Å². The molecule has 0 saturated heterocycles. The van der Waals surface area contributed by atoms with Gasteiger partial charge in [0, 0.05) is 11.6 Å². The summed E-state index contributed by atoms with van der Waals surface area (Å²) in [6, 6.07) is 11.1. The number of carbonyl (C=O) groups is 1. The van der Waals surface area contributed by atoms with E-state index in [0.29, 0.717) is 6.42 Å². The number of halogens is 2. The Morgan fingerprint density at radius 1 is 1.11 bits per heavy atom. The molecule has 0 heterocycles. The first kappa shape index (κ1) is 21.8. The fraction of sp³-hybridized carbons (Fsp3) is 0.350. The predicted molar refractivity (Wildman–Crippen MR) is 106 cm³/mol. The van der Waals surface area contributed by atoms with Gasteiger partial charge < -0.3 is 5.32 Å². The van der Waals surface area contributed by atoms with Gasteiger partial charge >= 0.3 is 0 Å². The third kappa shape index (κ3) is 5.51. The SMILES string of the molecule is C[C@H](C(=O)NC(C)(C)Cc1ccccc1)N(c1ccc(F)c(F)c1)S(C)(=O)=O. The average Bonchev–Trinajstić information content (AvgIpc) is 2.57. The van der Waals surface area contributed by atoms with Gasteiger partial charge in [0.05, 0.1) is 11.9 Å². The summed E-state index contributed by atoms with van der Waals surface area (Å²) in [7, 11) is -3.92. The lowest BCUT2D eigenvalue weighted by molar-refractivity contribution is -0.123. The van der Waals surface area contributed by atoms with Gasteiger partial charge in [-0.1, -0.05) is 30.3 Å². The van der Waals surface area contributed by atoms with E-state index in [1.165, 1.54) is 6.92 Å². The lowest BCUT2D eigenvalue weighted by Gasteiger charge is -2.32. The molecule has 28 heavy (non-hydrogen) atoms. The van der Waals surface area contributed by atoms with E-state index in [1.807, 2.05) is 44.2 Å². The zero-order chi connectivity index (χ0) is 21.1. The maximum atomic E-state index is 13.6. The van der Waals surface area contributed by atoms with Gasteiger partial charge in [0.15, 0.2) is 11.6 Å². The van der Waals surface area contributed by atoms with E-state index in [4.69, 9.17) is 0 Å². The van der Waals surface area contributed by atoms with Gasteiger partial charge in [0.25, 0.3) is 0 Å². The van der Waals surface area contributed by atoms with Crippen molar-refractivity contribution in [1.82, 2.24) is 5.32 Å². The third-order valence-electron chi connectivity index (χ3n) is 4.20. The number of carbonyl (C=O) groups excluding carboxylic acids is 1. The van der Waals surface area contributed by atoms with Crippen molar-refractivity contribution in [2.75, 3.05) is 10.6 Å². The smallest absolute Gasteiger partial charge is 0.244 e. The molecular formula is C20H24F2N2O3S. The summed E-state index contributed by atoms with van der Waals surface area (Å²) in [4.78, 5) is 12.8. The largest absolute Gasteiger partial charge is 0.349 e. The first-order chi connectivity index (χ1) is 12.9. The number of rotatable bonds is 7. The second-order valence-electron chi connectivity index (χ2n) is 7.37. The van der Waals surface area contributed by atoms with Gasteiger partial charge in [0.2, 0.25) is 15.9 Å². The minimum atomic E-state index is -3.92. The highest BCUT2D eigenvalue weighted by Crippen LogP contribution is 2.24. The van der Waals surface area contributed by atoms with Crippen LogP contribution in [0.5, 0.6) is 0 Å². The molecule has 8 heteroatoms. The Labute approximate surface area is 164 Å². The number of benzene rings is 2. The van der Waals surface area contributed by atoms with E-state index in [-0.39, 0.29) is 5.69 Å². The molecule has 2 aromatic carbocycles. The molecule has 0 aliphatic rings. The van der Waals surface area contributed by atoms with Crippen LogP contribution >= 0.6 is 0 Å². The summed E-state index contributed by atoms with van der Waals surface area (Å²) in [5.74, 6) is -2.84. The number of hydrogen-bond acceptors (Lipinski definition) is 3. The summed E-state index contributed by atoms with van der Waals surface area (Å²) < 4.78 is 52.1. The number of nitrogens with one attached hydrogen (secondary N) is 1. The highest BCUT2D eigenvalue weighted by molar-refractivity contribution is 7.92. The molecule has 0 radical (unpaired) electrons. The Morgan fingerprint density at radius 2 is 1.71 bits per heavy atom. The van der Waals surface area contributed by atoms with Crippen LogP contribution in [0.25, 0.3) is 0 Å². The van der Waals surface area contributed by atoms with E-state index >= 15 is 0 Å². The van der Waals surface area contributed by atoms with Gasteiger partial charge in [-0.15, -0.1) is 0 Å². The third-order valence-corrected chi connectivity index (χ3v) is 5.44. The van der Waals surface area contributed by atoms with Crippen LogP contribution in [0.4, 0.5) is 14.5 Å². The number of sulfonamides is 1. The van der Waals surface area contributed by atoms with Crippen molar-refractivity contribution >= 4 is 21.6 Å². The molecule has 152 valence electrons. The molecule has 0 bridgehead atoms. The molecule has 1 N–H and O–H groups in total. The Bertz CT molecular complexity index is 947. The van der Waals surface area contributed by atoms with Crippen molar-refractivity contribution in [1.29, 1.82) is 0 Å². The van der Waals surface area contributed by atoms with Gasteiger partial charge in [-0.25, -0.2) is 17.2 Å². The highest BCUT2D eigenvalue weighted by atomic mass is 32.2. The van der Waals surface area contributed by atoms with Crippen molar-refractivity contribution < 1.29 is 22.0 Å². The van der Waals surface area contributed by atoms with Crippen LogP contribution in [-0.2, 0) is 21.2 Å². The highest BCUT2D eigenvalue weighted by Gasteiger charge is 2.32. The van der Waals surface area contributed by atoms with Crippen molar-refractivity contribution in [2.24, 2.45) is 0 Å². The quantitative estimate of drug-likeness (QED) is 0.762. The average molecular weight is 410 g/mol. The molecule has 2 aromatic rings. The fourth-order valence-corrected chi connectivity index (χ4v) is 4.19. The first-order valence-corrected chi connectivity index (χ1v) is 10.6. The summed E-state index contributed by atoms with van der Waals surface area (Å²) in [5, 5.41) is 2.84. The molecule has 1 atom stereocenters. The van der Waals surface area contributed by atoms with Crippen molar-refractivity contribution in [3.8, 4) is 0 Å². The summed E-state index contributed by atoms with van der Waals surface area (Å²) in [5.41, 5.74) is 0.245. The Kier molecular flexibility index (Phi) is 6.44. The van der Waals surface area contributed by atoms with Crippen molar-refractivity contribution in [3.05, 3.63) is 65.7 Å². The molecule has 0 unspecified atom stereocenters.